The Bertz CT molecular complexity index is 810. The van der Waals surface area contributed by atoms with Gasteiger partial charge in [0.1, 0.15) is 17.9 Å². The first-order chi connectivity index (χ1) is 13.9. The number of hydrogen-bond acceptors (Lipinski definition) is 5. The molecule has 1 fully saturated rings. The van der Waals surface area contributed by atoms with E-state index in [0.29, 0.717) is 31.7 Å². The van der Waals surface area contributed by atoms with E-state index >= 15 is 0 Å². The molecular formula is C15H17F9N4O3. The maximum atomic E-state index is 12.9. The second-order valence-corrected chi connectivity index (χ2v) is 6.58. The number of halogens is 9. The number of carboxylic acid groups (broad SMARTS) is 1. The highest BCUT2D eigenvalue weighted by Gasteiger charge is 2.39. The molecule has 0 atom stereocenters. The van der Waals surface area contributed by atoms with Crippen LogP contribution in [0, 0.1) is 0 Å². The lowest BCUT2D eigenvalue weighted by Gasteiger charge is -2.27. The molecule has 7 nitrogen and oxygen atoms in total. The van der Waals surface area contributed by atoms with Crippen molar-refractivity contribution in [3.8, 4) is 0 Å². The van der Waals surface area contributed by atoms with E-state index in [0.717, 1.165) is 0 Å². The number of carboxylic acids is 1. The summed E-state index contributed by atoms with van der Waals surface area (Å²) < 4.78 is 108. The summed E-state index contributed by atoms with van der Waals surface area (Å²) >= 11 is 0. The summed E-state index contributed by atoms with van der Waals surface area (Å²) in [7, 11) is 0. The number of hydrogen-bond donors (Lipinski definition) is 3. The molecule has 2 rings (SSSR count). The number of aromatic nitrogens is 2. The second-order valence-electron chi connectivity index (χ2n) is 6.58. The van der Waals surface area contributed by atoms with E-state index in [-0.39, 0.29) is 16.8 Å². The van der Waals surface area contributed by atoms with Gasteiger partial charge in [-0.1, -0.05) is 0 Å². The molecule has 0 unspecified atom stereocenters. The van der Waals surface area contributed by atoms with Crippen LogP contribution in [0.4, 0.5) is 45.3 Å². The molecule has 178 valence electrons. The highest BCUT2D eigenvalue weighted by atomic mass is 19.4. The van der Waals surface area contributed by atoms with E-state index in [1.54, 1.807) is 0 Å². The predicted octanol–water partition coefficient (Wildman–Crippen LogP) is 3.14. The predicted molar refractivity (Wildman–Crippen MR) is 87.1 cm³/mol. The Balaban J connectivity index is 0.000000592. The largest absolute Gasteiger partial charge is 0.490 e. The van der Waals surface area contributed by atoms with Gasteiger partial charge in [0, 0.05) is 18.2 Å². The quantitative estimate of drug-likeness (QED) is 0.584. The highest BCUT2D eigenvalue weighted by Crippen LogP contribution is 2.29. The molecule has 1 heterocycles. The Morgan fingerprint density at radius 2 is 1.58 bits per heavy atom. The normalized spacial score (nSPS) is 19.9. The topological polar surface area (TPSA) is 110 Å². The van der Waals surface area contributed by atoms with Gasteiger partial charge >= 0.3 is 24.5 Å². The van der Waals surface area contributed by atoms with Crippen molar-refractivity contribution in [2.75, 3.05) is 5.32 Å². The summed E-state index contributed by atoms with van der Waals surface area (Å²) in [6.07, 6.45) is -12.6. The van der Waals surface area contributed by atoms with Crippen LogP contribution in [0.5, 0.6) is 0 Å². The number of nitrogens with two attached hydrogens (primary N) is 1. The maximum Gasteiger partial charge on any atom is 0.490 e. The molecule has 0 saturated heterocycles. The van der Waals surface area contributed by atoms with E-state index in [2.05, 4.69) is 10.4 Å². The number of rotatable bonds is 3. The van der Waals surface area contributed by atoms with Crippen molar-refractivity contribution < 1.29 is 49.4 Å². The average Bonchev–Trinajstić information content (AvgIpc) is 2.57. The standard InChI is InChI=1S/C13H16F6N4O.C2HF3O2/c14-12(15,16)6-23-11(24)9(13(17,18)19)5-10(22-23)21-8-3-1-7(20)2-4-8;3-2(4,5)1(6)7/h5,7-8H,1-4,6,20H2,(H,21,22);(H,6,7). The number of aliphatic carboxylic acids is 1. The van der Waals surface area contributed by atoms with Crippen molar-refractivity contribution >= 4 is 11.8 Å². The molecule has 4 N–H and O–H groups in total. The van der Waals surface area contributed by atoms with Gasteiger partial charge < -0.3 is 16.2 Å². The molecule has 1 aliphatic carbocycles. The van der Waals surface area contributed by atoms with Crippen LogP contribution in [0.25, 0.3) is 0 Å². The molecule has 0 aromatic carbocycles. The van der Waals surface area contributed by atoms with Gasteiger partial charge in [-0.05, 0) is 25.7 Å². The summed E-state index contributed by atoms with van der Waals surface area (Å²) in [5.41, 5.74) is 2.22. The average molecular weight is 472 g/mol. The fourth-order valence-corrected chi connectivity index (χ4v) is 2.57. The lowest BCUT2D eigenvalue weighted by molar-refractivity contribution is -0.192. The molecule has 1 saturated carbocycles. The van der Waals surface area contributed by atoms with Crippen molar-refractivity contribution in [2.24, 2.45) is 5.73 Å². The van der Waals surface area contributed by atoms with Gasteiger partial charge in [0.05, 0.1) is 0 Å². The zero-order chi connectivity index (χ0) is 24.2. The van der Waals surface area contributed by atoms with E-state index in [1.807, 2.05) is 0 Å². The molecule has 0 radical (unpaired) electrons. The Hall–Kier alpha value is -2.52. The molecule has 0 bridgehead atoms. The van der Waals surface area contributed by atoms with Gasteiger partial charge in [-0.15, -0.1) is 0 Å². The van der Waals surface area contributed by atoms with Crippen LogP contribution < -0.4 is 16.6 Å². The first-order valence-corrected chi connectivity index (χ1v) is 8.48. The van der Waals surface area contributed by atoms with Gasteiger partial charge in [-0.25, -0.2) is 9.48 Å². The third-order valence-corrected chi connectivity index (χ3v) is 3.98. The Labute approximate surface area is 168 Å². The van der Waals surface area contributed by atoms with Crippen LogP contribution in [0.2, 0.25) is 0 Å². The molecule has 0 spiro atoms. The van der Waals surface area contributed by atoms with Crippen molar-refractivity contribution in [1.82, 2.24) is 9.78 Å². The lowest BCUT2D eigenvalue weighted by Crippen LogP contribution is -2.37. The molecule has 0 amide bonds. The first kappa shape index (κ1) is 26.5. The van der Waals surface area contributed by atoms with Crippen LogP contribution in [-0.4, -0.2) is 45.3 Å². The summed E-state index contributed by atoms with van der Waals surface area (Å²) in [5, 5.41) is 13.2. The van der Waals surface area contributed by atoms with Crippen molar-refractivity contribution in [3.05, 3.63) is 22.0 Å². The van der Waals surface area contributed by atoms with Gasteiger partial charge in [0.15, 0.2) is 0 Å². The molecule has 1 aromatic rings. The van der Waals surface area contributed by atoms with Crippen LogP contribution in [-0.2, 0) is 17.5 Å². The first-order valence-electron chi connectivity index (χ1n) is 8.48. The lowest BCUT2D eigenvalue weighted by atomic mass is 9.92. The van der Waals surface area contributed by atoms with Crippen LogP contribution in [0.3, 0.4) is 0 Å². The van der Waals surface area contributed by atoms with E-state index in [9.17, 15) is 44.3 Å². The summed E-state index contributed by atoms with van der Waals surface area (Å²) in [5.74, 6) is -3.17. The van der Waals surface area contributed by atoms with Gasteiger partial charge in [0.2, 0.25) is 0 Å². The fourth-order valence-electron chi connectivity index (χ4n) is 2.57. The smallest absolute Gasteiger partial charge is 0.475 e. The molecule has 1 aromatic heterocycles. The Kier molecular flexibility index (Phi) is 8.33. The van der Waals surface area contributed by atoms with Crippen LogP contribution in [0.1, 0.15) is 31.2 Å². The Morgan fingerprint density at radius 3 is 1.97 bits per heavy atom. The second kappa shape index (κ2) is 9.74. The molecule has 1 aliphatic rings. The van der Waals surface area contributed by atoms with Crippen LogP contribution >= 0.6 is 0 Å². The zero-order valence-electron chi connectivity index (χ0n) is 15.4. The number of nitrogens with one attached hydrogen (secondary N) is 1. The van der Waals surface area contributed by atoms with Gasteiger partial charge in [-0.2, -0.15) is 44.6 Å². The van der Waals surface area contributed by atoms with Crippen molar-refractivity contribution in [2.45, 2.75) is 62.8 Å². The van der Waals surface area contributed by atoms with E-state index in [1.165, 1.54) is 0 Å². The number of alkyl halides is 9. The van der Waals surface area contributed by atoms with Crippen molar-refractivity contribution in [1.29, 1.82) is 0 Å². The monoisotopic (exact) mass is 472 g/mol. The van der Waals surface area contributed by atoms with Crippen molar-refractivity contribution in [3.63, 3.8) is 0 Å². The summed E-state index contributed by atoms with van der Waals surface area (Å²) in [4.78, 5) is 20.5. The number of nitrogens with zero attached hydrogens (tertiary/aromatic N) is 2. The minimum Gasteiger partial charge on any atom is -0.475 e. The van der Waals surface area contributed by atoms with Gasteiger partial charge in [-0.3, -0.25) is 4.79 Å². The SMILES string of the molecule is NC1CCC(Nc2cc(C(F)(F)F)c(=O)n(CC(F)(F)F)n2)CC1.O=C(O)C(F)(F)F. The van der Waals surface area contributed by atoms with E-state index < -0.39 is 48.0 Å². The molecule has 16 heteroatoms. The molecule has 31 heavy (non-hydrogen) atoms. The fraction of sp³-hybridized carbons (Fsp3) is 0.667. The van der Waals surface area contributed by atoms with Gasteiger partial charge in [0.25, 0.3) is 5.56 Å². The summed E-state index contributed by atoms with van der Waals surface area (Å²) in [6, 6.07) is 0.195. The van der Waals surface area contributed by atoms with Crippen LogP contribution in [0.15, 0.2) is 10.9 Å². The van der Waals surface area contributed by atoms with E-state index in [4.69, 9.17) is 15.6 Å². The molecule has 0 aliphatic heterocycles. The third kappa shape index (κ3) is 9.02. The molecular weight excluding hydrogens is 455 g/mol. The third-order valence-electron chi connectivity index (χ3n) is 3.98. The Morgan fingerprint density at radius 1 is 1.10 bits per heavy atom. The minimum absolute atomic E-state index is 0.000860. The highest BCUT2D eigenvalue weighted by molar-refractivity contribution is 5.73. The number of carbonyl (C=O) groups is 1. The zero-order valence-corrected chi connectivity index (χ0v) is 15.4. The number of anilines is 1. The maximum absolute atomic E-state index is 12.9. The minimum atomic E-state index is -5.08. The summed E-state index contributed by atoms with van der Waals surface area (Å²) in [6.45, 7) is -1.89.